The Morgan fingerprint density at radius 1 is 1.18 bits per heavy atom. The fourth-order valence-electron chi connectivity index (χ4n) is 1.80. The largest absolute Gasteiger partial charge is 0.493 e. The predicted octanol–water partition coefficient (Wildman–Crippen LogP) is 1.82. The fourth-order valence-corrected chi connectivity index (χ4v) is 1.80. The number of rotatable bonds is 6. The van der Waals surface area contributed by atoms with Crippen molar-refractivity contribution < 1.29 is 19.7 Å². The Bertz CT molecular complexity index is 363. The van der Waals surface area contributed by atoms with Crippen LogP contribution in [0.5, 0.6) is 11.5 Å². The number of aliphatic hydroxyl groups excluding tert-OH is 2. The van der Waals surface area contributed by atoms with Gasteiger partial charge in [-0.25, -0.2) is 0 Å². The summed E-state index contributed by atoms with van der Waals surface area (Å²) in [6, 6.07) is 3.63. The first kappa shape index (κ1) is 13.8. The average molecular weight is 240 g/mol. The molecule has 1 aromatic rings. The summed E-state index contributed by atoms with van der Waals surface area (Å²) in [6.07, 6.45) is 0.531. The third kappa shape index (κ3) is 3.35. The first-order valence-electron chi connectivity index (χ1n) is 5.65. The van der Waals surface area contributed by atoms with Crippen molar-refractivity contribution in [3.8, 4) is 11.5 Å². The highest BCUT2D eigenvalue weighted by atomic mass is 16.5. The van der Waals surface area contributed by atoms with E-state index in [0.717, 1.165) is 11.1 Å². The molecule has 0 aliphatic heterocycles. The maximum atomic E-state index is 10.0. The van der Waals surface area contributed by atoms with Crippen LogP contribution in [0.4, 0.5) is 0 Å². The standard InChI is InChI=1S/C13H20O4/c1-9-7-12(16-2)13(17-3)8-10(9)11(15)5-4-6-14/h7-8,11,14-15H,4-6H2,1-3H3. The van der Waals surface area contributed by atoms with Crippen LogP contribution in [0.3, 0.4) is 0 Å². The quantitative estimate of drug-likeness (QED) is 0.796. The van der Waals surface area contributed by atoms with Gasteiger partial charge in [-0.2, -0.15) is 0 Å². The molecule has 96 valence electrons. The van der Waals surface area contributed by atoms with Gasteiger partial charge in [0.1, 0.15) is 0 Å². The summed E-state index contributed by atoms with van der Waals surface area (Å²) in [6.45, 7) is 2.00. The Kier molecular flexibility index (Phi) is 5.25. The zero-order valence-electron chi connectivity index (χ0n) is 10.6. The molecule has 17 heavy (non-hydrogen) atoms. The summed E-state index contributed by atoms with van der Waals surface area (Å²) in [5.41, 5.74) is 1.77. The second kappa shape index (κ2) is 6.47. The van der Waals surface area contributed by atoms with Gasteiger partial charge in [0.05, 0.1) is 20.3 Å². The highest BCUT2D eigenvalue weighted by Crippen LogP contribution is 2.33. The topological polar surface area (TPSA) is 58.9 Å². The lowest BCUT2D eigenvalue weighted by atomic mass is 9.99. The van der Waals surface area contributed by atoms with Gasteiger partial charge in [-0.3, -0.25) is 0 Å². The molecule has 2 N–H and O–H groups in total. The monoisotopic (exact) mass is 240 g/mol. The summed E-state index contributed by atoms with van der Waals surface area (Å²) in [7, 11) is 3.15. The highest BCUT2D eigenvalue weighted by molar-refractivity contribution is 5.47. The smallest absolute Gasteiger partial charge is 0.161 e. The maximum absolute atomic E-state index is 10.0. The summed E-state index contributed by atoms with van der Waals surface area (Å²) in [5.74, 6) is 1.26. The Balaban J connectivity index is 2.99. The second-order valence-electron chi connectivity index (χ2n) is 3.95. The van der Waals surface area contributed by atoms with Crippen LogP contribution >= 0.6 is 0 Å². The molecule has 0 bridgehead atoms. The van der Waals surface area contributed by atoms with E-state index < -0.39 is 6.10 Å². The first-order chi connectivity index (χ1) is 8.13. The van der Waals surface area contributed by atoms with Crippen LogP contribution in [0, 0.1) is 6.92 Å². The number of hydrogen-bond acceptors (Lipinski definition) is 4. The maximum Gasteiger partial charge on any atom is 0.161 e. The normalized spacial score (nSPS) is 12.3. The molecule has 0 saturated heterocycles. The van der Waals surface area contributed by atoms with Crippen LogP contribution in [-0.4, -0.2) is 31.0 Å². The molecule has 0 aliphatic carbocycles. The van der Waals surface area contributed by atoms with E-state index in [1.54, 1.807) is 20.3 Å². The molecule has 1 unspecified atom stereocenters. The molecule has 1 atom stereocenters. The minimum atomic E-state index is -0.582. The van der Waals surface area contributed by atoms with E-state index in [-0.39, 0.29) is 6.61 Å². The van der Waals surface area contributed by atoms with E-state index in [4.69, 9.17) is 14.6 Å². The van der Waals surface area contributed by atoms with E-state index in [9.17, 15) is 5.11 Å². The van der Waals surface area contributed by atoms with E-state index in [0.29, 0.717) is 24.3 Å². The Labute approximate surface area is 102 Å². The molecule has 4 heteroatoms. The van der Waals surface area contributed by atoms with Crippen LogP contribution < -0.4 is 9.47 Å². The molecule has 4 nitrogen and oxygen atoms in total. The van der Waals surface area contributed by atoms with Gasteiger partial charge in [-0.05, 0) is 43.0 Å². The number of hydrogen-bond donors (Lipinski definition) is 2. The van der Waals surface area contributed by atoms with Crippen molar-refractivity contribution in [2.75, 3.05) is 20.8 Å². The zero-order chi connectivity index (χ0) is 12.8. The van der Waals surface area contributed by atoms with E-state index >= 15 is 0 Å². The molecule has 0 heterocycles. The van der Waals surface area contributed by atoms with Crippen molar-refractivity contribution in [2.24, 2.45) is 0 Å². The predicted molar refractivity (Wildman–Crippen MR) is 65.6 cm³/mol. The minimum absolute atomic E-state index is 0.0867. The van der Waals surface area contributed by atoms with E-state index in [1.165, 1.54) is 0 Å². The minimum Gasteiger partial charge on any atom is -0.493 e. The van der Waals surface area contributed by atoms with Crippen LogP contribution in [0.25, 0.3) is 0 Å². The molecule has 0 fully saturated rings. The SMILES string of the molecule is COc1cc(C)c(C(O)CCCO)cc1OC. The third-order valence-corrected chi connectivity index (χ3v) is 2.77. The van der Waals surface area contributed by atoms with Gasteiger partial charge in [-0.15, -0.1) is 0 Å². The number of benzene rings is 1. The van der Waals surface area contributed by atoms with Crippen molar-refractivity contribution in [3.63, 3.8) is 0 Å². The fraction of sp³-hybridized carbons (Fsp3) is 0.538. The lowest BCUT2D eigenvalue weighted by Gasteiger charge is -2.16. The van der Waals surface area contributed by atoms with Gasteiger partial charge in [0.2, 0.25) is 0 Å². The summed E-state index contributed by atoms with van der Waals surface area (Å²) < 4.78 is 10.4. The Morgan fingerprint density at radius 3 is 2.29 bits per heavy atom. The van der Waals surface area contributed by atoms with Gasteiger partial charge in [0.15, 0.2) is 11.5 Å². The molecular weight excluding hydrogens is 220 g/mol. The Hall–Kier alpha value is -1.26. The lowest BCUT2D eigenvalue weighted by molar-refractivity contribution is 0.150. The van der Waals surface area contributed by atoms with Crippen molar-refractivity contribution in [1.82, 2.24) is 0 Å². The molecule has 0 aliphatic rings. The number of aryl methyl sites for hydroxylation is 1. The lowest BCUT2D eigenvalue weighted by Crippen LogP contribution is -2.03. The summed E-state index contributed by atoms with van der Waals surface area (Å²) in [4.78, 5) is 0. The first-order valence-corrected chi connectivity index (χ1v) is 5.65. The van der Waals surface area contributed by atoms with E-state index in [1.807, 2.05) is 13.0 Å². The summed E-state index contributed by atoms with van der Waals surface area (Å²) >= 11 is 0. The summed E-state index contributed by atoms with van der Waals surface area (Å²) in [5, 5.41) is 18.8. The van der Waals surface area contributed by atoms with Crippen LogP contribution in [-0.2, 0) is 0 Å². The van der Waals surface area contributed by atoms with Gasteiger partial charge in [0.25, 0.3) is 0 Å². The third-order valence-electron chi connectivity index (χ3n) is 2.77. The van der Waals surface area contributed by atoms with Crippen LogP contribution in [0.2, 0.25) is 0 Å². The second-order valence-corrected chi connectivity index (χ2v) is 3.95. The van der Waals surface area contributed by atoms with Crippen molar-refractivity contribution in [2.45, 2.75) is 25.9 Å². The van der Waals surface area contributed by atoms with Crippen molar-refractivity contribution in [1.29, 1.82) is 0 Å². The molecule has 0 amide bonds. The van der Waals surface area contributed by atoms with Gasteiger partial charge >= 0.3 is 0 Å². The number of aliphatic hydroxyl groups is 2. The average Bonchev–Trinajstić information content (AvgIpc) is 2.35. The highest BCUT2D eigenvalue weighted by Gasteiger charge is 2.14. The molecule has 0 saturated carbocycles. The number of methoxy groups -OCH3 is 2. The molecule has 1 aromatic carbocycles. The van der Waals surface area contributed by atoms with Gasteiger partial charge in [0, 0.05) is 6.61 Å². The van der Waals surface area contributed by atoms with E-state index in [2.05, 4.69) is 0 Å². The van der Waals surface area contributed by atoms with Crippen LogP contribution in [0.1, 0.15) is 30.1 Å². The molecule has 0 radical (unpaired) electrons. The molecular formula is C13H20O4. The molecule has 1 rings (SSSR count). The zero-order valence-corrected chi connectivity index (χ0v) is 10.6. The van der Waals surface area contributed by atoms with Crippen molar-refractivity contribution >= 4 is 0 Å². The molecule has 0 aromatic heterocycles. The van der Waals surface area contributed by atoms with Crippen LogP contribution in [0.15, 0.2) is 12.1 Å². The van der Waals surface area contributed by atoms with Gasteiger partial charge < -0.3 is 19.7 Å². The molecule has 0 spiro atoms. The number of ether oxygens (including phenoxy) is 2. The Morgan fingerprint density at radius 2 is 1.76 bits per heavy atom. The van der Waals surface area contributed by atoms with Gasteiger partial charge in [-0.1, -0.05) is 0 Å². The van der Waals surface area contributed by atoms with Crippen molar-refractivity contribution in [3.05, 3.63) is 23.3 Å².